The fourth-order valence-corrected chi connectivity index (χ4v) is 3.35. The third-order valence-electron chi connectivity index (χ3n) is 4.82. The third kappa shape index (κ3) is 3.96. The number of ether oxygens (including phenoxy) is 1. The van der Waals surface area contributed by atoms with Gasteiger partial charge in [0.2, 0.25) is 5.91 Å². The number of carbonyl (C=O) groups is 2. The van der Waals surface area contributed by atoms with Gasteiger partial charge in [0, 0.05) is 25.4 Å². The second kappa shape index (κ2) is 7.79. The molecule has 1 aromatic rings. The van der Waals surface area contributed by atoms with Gasteiger partial charge < -0.3 is 14.5 Å². The van der Waals surface area contributed by atoms with Gasteiger partial charge in [-0.3, -0.25) is 9.59 Å². The van der Waals surface area contributed by atoms with Crippen molar-refractivity contribution >= 4 is 17.5 Å². The minimum Gasteiger partial charge on any atom is -0.368 e. The van der Waals surface area contributed by atoms with E-state index in [1.165, 1.54) is 6.42 Å². The van der Waals surface area contributed by atoms with Gasteiger partial charge in [-0.25, -0.2) is 0 Å². The lowest BCUT2D eigenvalue weighted by atomic mass is 10.1. The van der Waals surface area contributed by atoms with Gasteiger partial charge in [-0.05, 0) is 51.2 Å². The number of hydrogen-bond acceptors (Lipinski definition) is 3. The summed E-state index contributed by atoms with van der Waals surface area (Å²) in [4.78, 5) is 29.0. The summed E-state index contributed by atoms with van der Waals surface area (Å²) in [6.45, 7) is 4.33. The first-order chi connectivity index (χ1) is 11.6. The number of piperidine rings is 1. The molecule has 0 radical (unpaired) electrons. The Labute approximate surface area is 143 Å². The molecule has 3 rings (SSSR count). The normalized spacial score (nSPS) is 20.9. The zero-order valence-corrected chi connectivity index (χ0v) is 14.4. The van der Waals surface area contributed by atoms with Crippen molar-refractivity contribution in [2.45, 2.75) is 45.1 Å². The van der Waals surface area contributed by atoms with Crippen molar-refractivity contribution in [1.82, 2.24) is 4.90 Å². The predicted molar refractivity (Wildman–Crippen MR) is 92.9 cm³/mol. The average molecular weight is 330 g/mol. The molecule has 2 fully saturated rings. The van der Waals surface area contributed by atoms with Crippen molar-refractivity contribution in [2.75, 3.05) is 31.1 Å². The topological polar surface area (TPSA) is 49.9 Å². The number of likely N-dealkylation sites (tertiary alicyclic amines) is 1. The van der Waals surface area contributed by atoms with Gasteiger partial charge in [0.15, 0.2) is 0 Å². The molecule has 0 spiro atoms. The second-order valence-electron chi connectivity index (χ2n) is 6.70. The van der Waals surface area contributed by atoms with Gasteiger partial charge in [0.25, 0.3) is 5.91 Å². The molecule has 0 aliphatic carbocycles. The summed E-state index contributed by atoms with van der Waals surface area (Å²) in [5.41, 5.74) is 1.90. The summed E-state index contributed by atoms with van der Waals surface area (Å²) in [5, 5.41) is 0. The molecule has 1 aromatic carbocycles. The van der Waals surface area contributed by atoms with Crippen LogP contribution in [-0.4, -0.2) is 49.1 Å². The number of anilines is 1. The second-order valence-corrected chi connectivity index (χ2v) is 6.70. The van der Waals surface area contributed by atoms with Crippen LogP contribution < -0.4 is 4.90 Å². The minimum absolute atomic E-state index is 0.0293. The molecule has 2 saturated heterocycles. The summed E-state index contributed by atoms with van der Waals surface area (Å²) in [7, 11) is 0. The van der Waals surface area contributed by atoms with Crippen LogP contribution in [0.15, 0.2) is 24.3 Å². The molecule has 2 aliphatic rings. The number of amides is 2. The molecule has 0 saturated carbocycles. The van der Waals surface area contributed by atoms with Crippen LogP contribution in [0.25, 0.3) is 0 Å². The van der Waals surface area contributed by atoms with Crippen molar-refractivity contribution in [1.29, 1.82) is 0 Å². The van der Waals surface area contributed by atoms with Gasteiger partial charge in [-0.1, -0.05) is 17.7 Å². The van der Waals surface area contributed by atoms with Crippen molar-refractivity contribution in [2.24, 2.45) is 0 Å². The molecule has 0 N–H and O–H groups in total. The maximum absolute atomic E-state index is 12.9. The van der Waals surface area contributed by atoms with Crippen molar-refractivity contribution < 1.29 is 14.3 Å². The lowest BCUT2D eigenvalue weighted by Gasteiger charge is -2.31. The quantitative estimate of drug-likeness (QED) is 0.852. The van der Waals surface area contributed by atoms with Crippen LogP contribution in [0.2, 0.25) is 0 Å². The van der Waals surface area contributed by atoms with Crippen LogP contribution in [0.3, 0.4) is 0 Å². The Kier molecular flexibility index (Phi) is 5.51. The zero-order valence-electron chi connectivity index (χ0n) is 14.4. The molecular formula is C19H26N2O3. The summed E-state index contributed by atoms with van der Waals surface area (Å²) in [6.07, 6.45) is 4.50. The lowest BCUT2D eigenvalue weighted by Crippen LogP contribution is -2.47. The van der Waals surface area contributed by atoms with E-state index >= 15 is 0 Å². The van der Waals surface area contributed by atoms with Gasteiger partial charge in [0.05, 0.1) is 0 Å². The fourth-order valence-electron chi connectivity index (χ4n) is 3.35. The molecule has 2 amide bonds. The van der Waals surface area contributed by atoms with Crippen LogP contribution in [0.1, 0.15) is 37.7 Å². The Balaban J connectivity index is 1.76. The average Bonchev–Trinajstić information content (AvgIpc) is 3.15. The van der Waals surface area contributed by atoms with Gasteiger partial charge in [-0.2, -0.15) is 0 Å². The SMILES string of the molecule is Cc1ccc(N(CC(=O)N2CCCCC2)C(=O)[C@@H]2CCCO2)cc1. The highest BCUT2D eigenvalue weighted by Crippen LogP contribution is 2.22. The van der Waals surface area contributed by atoms with E-state index < -0.39 is 6.10 Å². The molecule has 0 bridgehead atoms. The maximum atomic E-state index is 12.9. The molecule has 130 valence electrons. The van der Waals surface area contributed by atoms with E-state index in [-0.39, 0.29) is 18.4 Å². The van der Waals surface area contributed by atoms with Crippen LogP contribution in [-0.2, 0) is 14.3 Å². The number of aryl methyl sites for hydroxylation is 1. The molecule has 5 heteroatoms. The largest absolute Gasteiger partial charge is 0.368 e. The monoisotopic (exact) mass is 330 g/mol. The number of hydrogen-bond donors (Lipinski definition) is 0. The van der Waals surface area contributed by atoms with E-state index in [1.807, 2.05) is 36.1 Å². The van der Waals surface area contributed by atoms with Crippen molar-refractivity contribution in [3.63, 3.8) is 0 Å². The molecule has 0 aromatic heterocycles. The Bertz CT molecular complexity index is 573. The van der Waals surface area contributed by atoms with Crippen LogP contribution >= 0.6 is 0 Å². The highest BCUT2D eigenvalue weighted by Gasteiger charge is 2.31. The first-order valence-corrected chi connectivity index (χ1v) is 8.92. The molecular weight excluding hydrogens is 304 g/mol. The van der Waals surface area contributed by atoms with Crippen LogP contribution in [0.4, 0.5) is 5.69 Å². The first-order valence-electron chi connectivity index (χ1n) is 8.92. The molecule has 24 heavy (non-hydrogen) atoms. The molecule has 2 aliphatic heterocycles. The van der Waals surface area contributed by atoms with Gasteiger partial charge in [-0.15, -0.1) is 0 Å². The zero-order chi connectivity index (χ0) is 16.9. The van der Waals surface area contributed by atoms with Crippen molar-refractivity contribution in [3.8, 4) is 0 Å². The highest BCUT2D eigenvalue weighted by molar-refractivity contribution is 6.01. The molecule has 1 atom stereocenters. The van der Waals surface area contributed by atoms with E-state index in [9.17, 15) is 9.59 Å². The summed E-state index contributed by atoms with van der Waals surface area (Å²) in [6, 6.07) is 7.75. The van der Waals surface area contributed by atoms with E-state index in [0.717, 1.165) is 50.0 Å². The minimum atomic E-state index is -0.416. The Morgan fingerprint density at radius 2 is 1.83 bits per heavy atom. The molecule has 0 unspecified atom stereocenters. The standard InChI is InChI=1S/C19H26N2O3/c1-15-7-9-16(10-8-15)21(19(23)17-6-5-13-24-17)14-18(22)20-11-3-2-4-12-20/h7-10,17H,2-6,11-14H2,1H3/t17-/m0/s1. The summed E-state index contributed by atoms with van der Waals surface area (Å²) >= 11 is 0. The van der Waals surface area contributed by atoms with Crippen LogP contribution in [0, 0.1) is 6.92 Å². The smallest absolute Gasteiger partial charge is 0.256 e. The first kappa shape index (κ1) is 17.0. The van der Waals surface area contributed by atoms with Gasteiger partial charge >= 0.3 is 0 Å². The number of rotatable bonds is 4. The van der Waals surface area contributed by atoms with Crippen LogP contribution in [0.5, 0.6) is 0 Å². The Morgan fingerprint density at radius 1 is 1.12 bits per heavy atom. The lowest BCUT2D eigenvalue weighted by molar-refractivity contribution is -0.134. The Morgan fingerprint density at radius 3 is 2.46 bits per heavy atom. The molecule has 5 nitrogen and oxygen atoms in total. The third-order valence-corrected chi connectivity index (χ3v) is 4.82. The summed E-state index contributed by atoms with van der Waals surface area (Å²) in [5.74, 6) is -0.0664. The van der Waals surface area contributed by atoms with E-state index in [2.05, 4.69) is 0 Å². The maximum Gasteiger partial charge on any atom is 0.256 e. The van der Waals surface area contributed by atoms with E-state index in [4.69, 9.17) is 4.74 Å². The van der Waals surface area contributed by atoms with E-state index in [1.54, 1.807) is 4.90 Å². The van der Waals surface area contributed by atoms with E-state index in [0.29, 0.717) is 6.61 Å². The highest BCUT2D eigenvalue weighted by atomic mass is 16.5. The number of benzene rings is 1. The number of carbonyl (C=O) groups excluding carboxylic acids is 2. The Hall–Kier alpha value is -1.88. The molecule has 2 heterocycles. The summed E-state index contributed by atoms with van der Waals surface area (Å²) < 4.78 is 5.55. The van der Waals surface area contributed by atoms with Gasteiger partial charge in [0.1, 0.15) is 12.6 Å². The predicted octanol–water partition coefficient (Wildman–Crippen LogP) is 2.52. The fraction of sp³-hybridized carbons (Fsp3) is 0.579. The number of nitrogens with zero attached hydrogens (tertiary/aromatic N) is 2. The van der Waals surface area contributed by atoms with Crippen molar-refractivity contribution in [3.05, 3.63) is 29.8 Å².